The molecule has 9 nitrogen and oxygen atoms in total. The Morgan fingerprint density at radius 1 is 0.443 bits per heavy atom. The predicted molar refractivity (Wildman–Crippen MR) is 336 cm³/mol. The lowest BCUT2D eigenvalue weighted by Crippen LogP contribution is -2.60. The molecule has 1 saturated heterocycles. The smallest absolute Gasteiger partial charge is 0.220 e. The summed E-state index contributed by atoms with van der Waals surface area (Å²) in [6.45, 7) is 3.76. The molecule has 0 bridgehead atoms. The molecule has 0 spiro atoms. The van der Waals surface area contributed by atoms with Gasteiger partial charge in [0.1, 0.15) is 24.4 Å². The van der Waals surface area contributed by atoms with Crippen LogP contribution in [-0.2, 0) is 14.3 Å². The van der Waals surface area contributed by atoms with Gasteiger partial charge in [-0.05, 0) is 57.8 Å². The van der Waals surface area contributed by atoms with Gasteiger partial charge < -0.3 is 40.3 Å². The first-order valence-corrected chi connectivity index (χ1v) is 34.0. The number of ether oxygens (including phenoxy) is 2. The molecular formula is C70H129NO8. The van der Waals surface area contributed by atoms with E-state index in [4.69, 9.17) is 9.47 Å². The number of rotatable bonds is 59. The molecule has 6 N–H and O–H groups in total. The highest BCUT2D eigenvalue weighted by Crippen LogP contribution is 2.24. The van der Waals surface area contributed by atoms with Crippen molar-refractivity contribution >= 4 is 5.91 Å². The van der Waals surface area contributed by atoms with Crippen LogP contribution in [0.5, 0.6) is 0 Å². The van der Waals surface area contributed by atoms with Crippen molar-refractivity contribution in [3.63, 3.8) is 0 Å². The Morgan fingerprint density at radius 3 is 1.16 bits per heavy atom. The van der Waals surface area contributed by atoms with Crippen LogP contribution in [0.15, 0.2) is 60.8 Å². The number of hydrogen-bond donors (Lipinski definition) is 6. The molecule has 79 heavy (non-hydrogen) atoms. The molecule has 0 radical (unpaired) electrons. The summed E-state index contributed by atoms with van der Waals surface area (Å²) in [6, 6.07) is -0.720. The molecule has 1 amide bonds. The third-order valence-electron chi connectivity index (χ3n) is 16.1. The van der Waals surface area contributed by atoms with E-state index >= 15 is 0 Å². The van der Waals surface area contributed by atoms with Gasteiger partial charge in [0.25, 0.3) is 0 Å². The summed E-state index contributed by atoms with van der Waals surface area (Å²) in [7, 11) is 0. The highest BCUT2D eigenvalue weighted by atomic mass is 16.7. The number of aliphatic hydroxyl groups excluding tert-OH is 5. The maximum atomic E-state index is 13.1. The van der Waals surface area contributed by atoms with Crippen LogP contribution in [0.25, 0.3) is 0 Å². The van der Waals surface area contributed by atoms with Crippen LogP contribution in [0.3, 0.4) is 0 Å². The van der Waals surface area contributed by atoms with E-state index in [-0.39, 0.29) is 12.5 Å². The van der Waals surface area contributed by atoms with Crippen molar-refractivity contribution in [3.05, 3.63) is 60.8 Å². The number of hydrogen-bond acceptors (Lipinski definition) is 8. The van der Waals surface area contributed by atoms with Gasteiger partial charge >= 0.3 is 0 Å². The first-order chi connectivity index (χ1) is 38.8. The topological polar surface area (TPSA) is 149 Å². The first kappa shape index (κ1) is 74.9. The number of allylic oxidation sites excluding steroid dienone is 10. The second-order valence-corrected chi connectivity index (χ2v) is 23.6. The Labute approximate surface area is 487 Å². The molecule has 1 aliphatic rings. The summed E-state index contributed by atoms with van der Waals surface area (Å²) in [5.41, 5.74) is 0. The van der Waals surface area contributed by atoms with Crippen LogP contribution < -0.4 is 5.32 Å². The zero-order chi connectivity index (χ0) is 57.2. The van der Waals surface area contributed by atoms with Crippen LogP contribution in [0.1, 0.15) is 322 Å². The van der Waals surface area contributed by atoms with Crippen molar-refractivity contribution in [1.29, 1.82) is 0 Å². The van der Waals surface area contributed by atoms with E-state index in [0.29, 0.717) is 12.8 Å². The molecule has 0 aromatic heterocycles. The Kier molecular flexibility index (Phi) is 56.0. The van der Waals surface area contributed by atoms with Crippen LogP contribution in [0, 0.1) is 0 Å². The highest BCUT2D eigenvalue weighted by Gasteiger charge is 2.44. The van der Waals surface area contributed by atoms with Gasteiger partial charge in [-0.15, -0.1) is 0 Å². The maximum Gasteiger partial charge on any atom is 0.220 e. The van der Waals surface area contributed by atoms with Gasteiger partial charge in [-0.2, -0.15) is 0 Å². The molecule has 1 fully saturated rings. The Bertz CT molecular complexity index is 1430. The number of amides is 1. The number of aliphatic hydroxyl groups is 5. The molecule has 1 heterocycles. The molecule has 1 rings (SSSR count). The van der Waals surface area contributed by atoms with Gasteiger partial charge in [0.2, 0.25) is 5.91 Å². The summed E-state index contributed by atoms with van der Waals surface area (Å²) in [6.07, 6.45) is 74.2. The monoisotopic (exact) mass is 1110 g/mol. The van der Waals surface area contributed by atoms with Crippen LogP contribution in [-0.4, -0.2) is 87.5 Å². The van der Waals surface area contributed by atoms with Crippen molar-refractivity contribution in [1.82, 2.24) is 5.32 Å². The number of carbonyl (C=O) groups excluding carboxylic acids is 1. The number of carbonyl (C=O) groups is 1. The Balaban J connectivity index is 2.09. The van der Waals surface area contributed by atoms with Crippen LogP contribution in [0.4, 0.5) is 0 Å². The van der Waals surface area contributed by atoms with E-state index in [2.05, 4.69) is 79.9 Å². The minimum absolute atomic E-state index is 0.135. The molecule has 0 aliphatic carbocycles. The quantitative estimate of drug-likeness (QED) is 0.0261. The van der Waals surface area contributed by atoms with E-state index in [0.717, 1.165) is 70.6 Å². The van der Waals surface area contributed by atoms with Gasteiger partial charge in [0.15, 0.2) is 6.29 Å². The van der Waals surface area contributed by atoms with Crippen LogP contribution in [0.2, 0.25) is 0 Å². The third-order valence-corrected chi connectivity index (χ3v) is 16.1. The summed E-state index contributed by atoms with van der Waals surface area (Å²) >= 11 is 0. The number of nitrogens with one attached hydrogen (secondary N) is 1. The van der Waals surface area contributed by atoms with Gasteiger partial charge in [-0.1, -0.05) is 319 Å². The average Bonchev–Trinajstić information content (AvgIpc) is 3.47. The fourth-order valence-electron chi connectivity index (χ4n) is 10.8. The van der Waals surface area contributed by atoms with Crippen molar-refractivity contribution in [2.75, 3.05) is 13.2 Å². The van der Waals surface area contributed by atoms with Gasteiger partial charge in [0, 0.05) is 6.42 Å². The largest absolute Gasteiger partial charge is 0.394 e. The zero-order valence-corrected chi connectivity index (χ0v) is 51.6. The van der Waals surface area contributed by atoms with E-state index in [9.17, 15) is 30.3 Å². The Morgan fingerprint density at radius 2 is 0.785 bits per heavy atom. The van der Waals surface area contributed by atoms with Crippen LogP contribution >= 0.6 is 0 Å². The molecule has 7 atom stereocenters. The summed E-state index contributed by atoms with van der Waals surface area (Å²) in [4.78, 5) is 13.1. The normalized spacial score (nSPS) is 18.9. The predicted octanol–water partition coefficient (Wildman–Crippen LogP) is 18.2. The summed E-state index contributed by atoms with van der Waals surface area (Å²) in [5.74, 6) is -0.139. The maximum absolute atomic E-state index is 13.1. The molecule has 462 valence electrons. The van der Waals surface area contributed by atoms with Gasteiger partial charge in [0.05, 0.1) is 25.4 Å². The van der Waals surface area contributed by atoms with Crippen molar-refractivity contribution in [2.24, 2.45) is 0 Å². The standard InChI is InChI=1S/C70H129NO8/c1-3-5-7-9-11-13-15-17-19-21-23-25-26-27-28-29-30-31-32-33-34-35-36-37-38-40-42-44-46-48-50-52-54-56-58-60-66(74)71-63(62-78-70-69(77)68(76)67(75)65(61-72)79-70)64(73)59-57-55-53-51-49-47-45-43-41-39-24-22-20-18-16-14-12-10-8-6-4-2/h5,7,11,13,17,19,23,25,27-28,63-65,67-70,72-73,75-77H,3-4,6,8-10,12,14-16,18,20-22,24,26,29-62H2,1-2H3,(H,71,74)/b7-5-,13-11-,19-17-,25-23-,28-27-. The molecule has 1 aliphatic heterocycles. The molecule has 7 unspecified atom stereocenters. The summed E-state index contributed by atoms with van der Waals surface area (Å²) < 4.78 is 11.4. The average molecular weight is 1110 g/mol. The van der Waals surface area contributed by atoms with E-state index in [1.165, 1.54) is 225 Å². The molecule has 0 aromatic rings. The van der Waals surface area contributed by atoms with E-state index < -0.39 is 49.5 Å². The van der Waals surface area contributed by atoms with E-state index in [1.54, 1.807) is 0 Å². The molecule has 9 heteroatoms. The number of unbranched alkanes of at least 4 members (excludes halogenated alkanes) is 39. The van der Waals surface area contributed by atoms with E-state index in [1.807, 2.05) is 0 Å². The van der Waals surface area contributed by atoms with Crippen molar-refractivity contribution < 1.29 is 39.8 Å². The van der Waals surface area contributed by atoms with Crippen molar-refractivity contribution in [3.8, 4) is 0 Å². The zero-order valence-electron chi connectivity index (χ0n) is 51.6. The van der Waals surface area contributed by atoms with Crippen molar-refractivity contribution in [2.45, 2.75) is 365 Å². The highest BCUT2D eigenvalue weighted by molar-refractivity contribution is 5.76. The lowest BCUT2D eigenvalue weighted by Gasteiger charge is -2.40. The lowest BCUT2D eigenvalue weighted by molar-refractivity contribution is -0.302. The minimum atomic E-state index is -1.55. The lowest BCUT2D eigenvalue weighted by atomic mass is 9.99. The molecule has 0 saturated carbocycles. The second kappa shape index (κ2) is 59.1. The molecular weight excluding hydrogens is 983 g/mol. The third kappa shape index (κ3) is 48.0. The van der Waals surface area contributed by atoms with Gasteiger partial charge in [-0.25, -0.2) is 0 Å². The Hall–Kier alpha value is -2.11. The fourth-order valence-corrected chi connectivity index (χ4v) is 10.8. The van der Waals surface area contributed by atoms with Gasteiger partial charge in [-0.3, -0.25) is 4.79 Å². The minimum Gasteiger partial charge on any atom is -0.394 e. The SMILES string of the molecule is CC/C=C\C/C=C\C/C=C\C/C=C\C/C=C\CCCCCCCCCCCCCCCCCCCCCC(=O)NC(COC1OC(CO)C(O)C(O)C1O)C(O)CCCCCCCCCCCCCCCCCCCCCCC. The summed E-state index contributed by atoms with van der Waals surface area (Å²) in [5, 5.41) is 54.9. The first-order valence-electron chi connectivity index (χ1n) is 34.0. The second-order valence-electron chi connectivity index (χ2n) is 23.6. The molecule has 0 aromatic carbocycles. The fraction of sp³-hybridized carbons (Fsp3) is 0.843.